The topological polar surface area (TPSA) is 32.3 Å². The average molecular weight is 259 g/mol. The van der Waals surface area contributed by atoms with Crippen molar-refractivity contribution in [3.05, 3.63) is 0 Å². The van der Waals surface area contributed by atoms with Gasteiger partial charge in [0, 0.05) is 16.8 Å². The zero-order chi connectivity index (χ0) is 12.9. The van der Waals surface area contributed by atoms with Crippen molar-refractivity contribution in [2.75, 3.05) is 12.4 Å². The molecule has 0 radical (unpaired) electrons. The highest BCUT2D eigenvalue weighted by Gasteiger charge is 2.33. The van der Waals surface area contributed by atoms with Crippen molar-refractivity contribution in [2.45, 2.75) is 70.2 Å². The Morgan fingerprint density at radius 1 is 1.41 bits per heavy atom. The molecule has 2 N–H and O–H groups in total. The number of nitrogens with one attached hydrogen (secondary N) is 1. The molecule has 1 aliphatic carbocycles. The maximum Gasteiger partial charge on any atom is 0.0611 e. The van der Waals surface area contributed by atoms with E-state index in [2.05, 4.69) is 33.0 Å². The van der Waals surface area contributed by atoms with Crippen LogP contribution >= 0.6 is 11.8 Å². The maximum atomic E-state index is 9.56. The summed E-state index contributed by atoms with van der Waals surface area (Å²) in [5.41, 5.74) is -0.0803. The van der Waals surface area contributed by atoms with Crippen LogP contribution in [-0.4, -0.2) is 34.3 Å². The highest BCUT2D eigenvalue weighted by Crippen LogP contribution is 2.28. The monoisotopic (exact) mass is 259 g/mol. The molecule has 17 heavy (non-hydrogen) atoms. The van der Waals surface area contributed by atoms with Crippen LogP contribution in [0.25, 0.3) is 0 Å². The second kappa shape index (κ2) is 7.01. The minimum Gasteiger partial charge on any atom is -0.394 e. The van der Waals surface area contributed by atoms with Gasteiger partial charge in [-0.25, -0.2) is 0 Å². The van der Waals surface area contributed by atoms with Crippen molar-refractivity contribution in [1.29, 1.82) is 0 Å². The summed E-state index contributed by atoms with van der Waals surface area (Å²) in [6.07, 6.45) is 4.88. The van der Waals surface area contributed by atoms with Gasteiger partial charge in [0.25, 0.3) is 0 Å². The molecule has 1 fully saturated rings. The predicted octanol–water partition coefficient (Wildman–Crippen LogP) is 3.05. The highest BCUT2D eigenvalue weighted by atomic mass is 32.2. The van der Waals surface area contributed by atoms with Crippen LogP contribution in [0.5, 0.6) is 0 Å². The fourth-order valence-corrected chi connectivity index (χ4v) is 3.41. The van der Waals surface area contributed by atoms with Gasteiger partial charge in [-0.15, -0.1) is 0 Å². The van der Waals surface area contributed by atoms with Gasteiger partial charge in [-0.05, 0) is 37.9 Å². The Bertz CT molecular complexity index is 220. The molecule has 2 nitrogen and oxygen atoms in total. The maximum absolute atomic E-state index is 9.56. The minimum atomic E-state index is -0.0803. The number of rotatable bonds is 9. The Morgan fingerprint density at radius 2 is 2.06 bits per heavy atom. The van der Waals surface area contributed by atoms with Crippen LogP contribution in [0.15, 0.2) is 0 Å². The first-order valence-electron chi connectivity index (χ1n) is 6.99. The third-order valence-corrected chi connectivity index (χ3v) is 5.08. The van der Waals surface area contributed by atoms with Gasteiger partial charge in [0.05, 0.1) is 6.61 Å². The van der Waals surface area contributed by atoms with Gasteiger partial charge in [0.2, 0.25) is 0 Å². The van der Waals surface area contributed by atoms with Gasteiger partial charge in [-0.3, -0.25) is 0 Å². The third-order valence-electron chi connectivity index (χ3n) is 3.58. The van der Waals surface area contributed by atoms with Crippen LogP contribution in [0, 0.1) is 5.92 Å². The zero-order valence-electron chi connectivity index (χ0n) is 11.8. The van der Waals surface area contributed by atoms with Crippen LogP contribution in [0.2, 0.25) is 0 Å². The number of aliphatic hydroxyl groups is 1. The molecule has 0 aromatic carbocycles. The van der Waals surface area contributed by atoms with E-state index < -0.39 is 0 Å². The molecule has 3 atom stereocenters. The molecule has 0 spiro atoms. The van der Waals surface area contributed by atoms with Crippen molar-refractivity contribution in [3.8, 4) is 0 Å². The summed E-state index contributed by atoms with van der Waals surface area (Å²) in [6, 6.07) is 0.666. The lowest BCUT2D eigenvalue weighted by molar-refractivity contribution is 0.164. The van der Waals surface area contributed by atoms with Gasteiger partial charge in [0.15, 0.2) is 0 Å². The first kappa shape index (κ1) is 15.3. The van der Waals surface area contributed by atoms with E-state index in [1.165, 1.54) is 25.0 Å². The lowest BCUT2D eigenvalue weighted by Gasteiger charge is -2.32. The van der Waals surface area contributed by atoms with E-state index in [0.29, 0.717) is 11.3 Å². The first-order valence-corrected chi connectivity index (χ1v) is 8.04. The van der Waals surface area contributed by atoms with Gasteiger partial charge in [0.1, 0.15) is 0 Å². The molecule has 0 amide bonds. The predicted molar refractivity (Wildman–Crippen MR) is 77.6 cm³/mol. The Labute approximate surface area is 111 Å². The number of aliphatic hydroxyl groups excluding tert-OH is 1. The van der Waals surface area contributed by atoms with Crippen LogP contribution in [0.4, 0.5) is 0 Å². The van der Waals surface area contributed by atoms with Gasteiger partial charge >= 0.3 is 0 Å². The fourth-order valence-electron chi connectivity index (χ4n) is 2.03. The largest absolute Gasteiger partial charge is 0.394 e. The number of thioether (sulfide) groups is 1. The Balaban J connectivity index is 2.27. The zero-order valence-corrected chi connectivity index (χ0v) is 12.6. The summed E-state index contributed by atoms with van der Waals surface area (Å²) in [5, 5.41) is 13.8. The van der Waals surface area contributed by atoms with E-state index in [1.807, 2.05) is 11.8 Å². The summed E-state index contributed by atoms with van der Waals surface area (Å²) in [4.78, 5) is 0. The van der Waals surface area contributed by atoms with Crippen LogP contribution in [-0.2, 0) is 0 Å². The SMILES string of the molecule is CCC(C)CSC(C)CC(C)(CO)NC1CC1. The summed E-state index contributed by atoms with van der Waals surface area (Å²) in [6.45, 7) is 9.26. The van der Waals surface area contributed by atoms with Gasteiger partial charge in [-0.2, -0.15) is 11.8 Å². The van der Waals surface area contributed by atoms with Crippen LogP contribution < -0.4 is 5.32 Å². The Hall–Kier alpha value is 0.270. The Kier molecular flexibility index (Phi) is 6.32. The molecular formula is C14H29NOS. The van der Waals surface area contributed by atoms with Crippen molar-refractivity contribution < 1.29 is 5.11 Å². The molecular weight excluding hydrogens is 230 g/mol. The molecule has 0 aromatic heterocycles. The van der Waals surface area contributed by atoms with Crippen LogP contribution in [0.1, 0.15) is 53.4 Å². The summed E-state index contributed by atoms with van der Waals surface area (Å²) in [5.74, 6) is 2.04. The first-order chi connectivity index (χ1) is 7.99. The lowest BCUT2D eigenvalue weighted by Crippen LogP contribution is -2.48. The van der Waals surface area contributed by atoms with E-state index in [1.54, 1.807) is 0 Å². The molecule has 3 heteroatoms. The molecule has 3 unspecified atom stereocenters. The third kappa shape index (κ3) is 6.12. The van der Waals surface area contributed by atoms with E-state index >= 15 is 0 Å². The molecule has 1 rings (SSSR count). The molecule has 1 aliphatic rings. The van der Waals surface area contributed by atoms with Gasteiger partial charge < -0.3 is 10.4 Å². The number of hydrogen-bond donors (Lipinski definition) is 2. The lowest BCUT2D eigenvalue weighted by atomic mass is 9.97. The quantitative estimate of drug-likeness (QED) is 0.667. The van der Waals surface area contributed by atoms with Crippen molar-refractivity contribution in [1.82, 2.24) is 5.32 Å². The van der Waals surface area contributed by atoms with Crippen LogP contribution in [0.3, 0.4) is 0 Å². The summed E-state index contributed by atoms with van der Waals surface area (Å²) >= 11 is 2.05. The van der Waals surface area contributed by atoms with Gasteiger partial charge in [-0.1, -0.05) is 27.2 Å². The fraction of sp³-hybridized carbons (Fsp3) is 1.00. The minimum absolute atomic E-state index is 0.0803. The second-order valence-electron chi connectivity index (χ2n) is 6.00. The molecule has 0 aliphatic heterocycles. The van der Waals surface area contributed by atoms with E-state index in [4.69, 9.17) is 0 Å². The molecule has 0 aromatic rings. The average Bonchev–Trinajstić information content (AvgIpc) is 3.09. The molecule has 1 saturated carbocycles. The van der Waals surface area contributed by atoms with Crippen molar-refractivity contribution in [2.24, 2.45) is 5.92 Å². The summed E-state index contributed by atoms with van der Waals surface area (Å²) in [7, 11) is 0. The van der Waals surface area contributed by atoms with E-state index in [0.717, 1.165) is 12.3 Å². The normalized spacial score (nSPS) is 23.1. The standard InChI is InChI=1S/C14H29NOS/c1-5-11(2)9-17-12(3)8-14(4,10-16)15-13-6-7-13/h11-13,15-16H,5-10H2,1-4H3. The molecule has 102 valence electrons. The van der Waals surface area contributed by atoms with Crippen molar-refractivity contribution >= 4 is 11.8 Å². The molecule has 0 bridgehead atoms. The highest BCUT2D eigenvalue weighted by molar-refractivity contribution is 7.99. The second-order valence-corrected chi connectivity index (χ2v) is 7.47. The smallest absolute Gasteiger partial charge is 0.0611 e. The molecule has 0 heterocycles. The van der Waals surface area contributed by atoms with Crippen molar-refractivity contribution in [3.63, 3.8) is 0 Å². The van der Waals surface area contributed by atoms with E-state index in [9.17, 15) is 5.11 Å². The molecule has 0 saturated heterocycles. The summed E-state index contributed by atoms with van der Waals surface area (Å²) < 4.78 is 0. The van der Waals surface area contributed by atoms with E-state index in [-0.39, 0.29) is 12.1 Å². The number of hydrogen-bond acceptors (Lipinski definition) is 3. The Morgan fingerprint density at radius 3 is 2.53 bits per heavy atom.